The smallest absolute Gasteiger partial charge is 0.0397 e. The van der Waals surface area contributed by atoms with Crippen LogP contribution in [0, 0.1) is 11.8 Å². The Bertz CT molecular complexity index is 551. The van der Waals surface area contributed by atoms with Gasteiger partial charge in [0, 0.05) is 44.5 Å². The standard InChI is InChI=1S/C18H27N3/c1-18(2)16-10-19-9-15(16)12-21(18)11-13-4-5-17-14(8-13)6-7-20(17)3/h4-5,8,15-16,19H,6-7,9-12H2,1-3H3. The van der Waals surface area contributed by atoms with Crippen LogP contribution in [0.25, 0.3) is 0 Å². The van der Waals surface area contributed by atoms with Crippen LogP contribution in [0.3, 0.4) is 0 Å². The summed E-state index contributed by atoms with van der Waals surface area (Å²) >= 11 is 0. The van der Waals surface area contributed by atoms with Crippen LogP contribution in [0.1, 0.15) is 25.0 Å². The van der Waals surface area contributed by atoms with E-state index in [-0.39, 0.29) is 0 Å². The minimum Gasteiger partial charge on any atom is -0.374 e. The average molecular weight is 285 g/mol. The van der Waals surface area contributed by atoms with E-state index < -0.39 is 0 Å². The molecule has 1 aromatic rings. The molecule has 3 aliphatic heterocycles. The lowest BCUT2D eigenvalue weighted by atomic mass is 9.85. The molecule has 1 aromatic carbocycles. The molecule has 1 N–H and O–H groups in total. The first-order valence-corrected chi connectivity index (χ1v) is 8.34. The van der Waals surface area contributed by atoms with Crippen LogP contribution in [0.4, 0.5) is 5.69 Å². The van der Waals surface area contributed by atoms with Gasteiger partial charge in [0.2, 0.25) is 0 Å². The Morgan fingerprint density at radius 2 is 2.14 bits per heavy atom. The Labute approximate surface area is 128 Å². The lowest BCUT2D eigenvalue weighted by Crippen LogP contribution is -2.43. The molecule has 4 rings (SSSR count). The lowest BCUT2D eigenvalue weighted by molar-refractivity contribution is 0.132. The quantitative estimate of drug-likeness (QED) is 0.898. The van der Waals surface area contributed by atoms with Crippen LogP contribution in [0.5, 0.6) is 0 Å². The van der Waals surface area contributed by atoms with Gasteiger partial charge in [0.05, 0.1) is 0 Å². The number of fused-ring (bicyclic) bond motifs is 2. The van der Waals surface area contributed by atoms with Gasteiger partial charge in [-0.25, -0.2) is 0 Å². The van der Waals surface area contributed by atoms with Gasteiger partial charge in [-0.2, -0.15) is 0 Å². The van der Waals surface area contributed by atoms with Gasteiger partial charge in [-0.3, -0.25) is 4.90 Å². The Morgan fingerprint density at radius 3 is 2.95 bits per heavy atom. The molecule has 0 aliphatic carbocycles. The van der Waals surface area contributed by atoms with Gasteiger partial charge in [0.1, 0.15) is 0 Å². The van der Waals surface area contributed by atoms with E-state index in [0.717, 1.165) is 18.4 Å². The van der Waals surface area contributed by atoms with E-state index in [1.165, 1.54) is 49.4 Å². The van der Waals surface area contributed by atoms with Crippen LogP contribution in [0.15, 0.2) is 18.2 Å². The third kappa shape index (κ3) is 2.09. The Kier molecular flexibility index (Phi) is 3.05. The number of likely N-dealkylation sites (tertiary alicyclic amines) is 1. The van der Waals surface area contributed by atoms with Gasteiger partial charge in [0.15, 0.2) is 0 Å². The first-order chi connectivity index (χ1) is 10.1. The average Bonchev–Trinajstić information content (AvgIpc) is 3.10. The number of rotatable bonds is 2. The van der Waals surface area contributed by atoms with E-state index >= 15 is 0 Å². The van der Waals surface area contributed by atoms with Crippen molar-refractivity contribution in [2.45, 2.75) is 32.4 Å². The molecule has 0 aromatic heterocycles. The summed E-state index contributed by atoms with van der Waals surface area (Å²) in [6.07, 6.45) is 1.21. The Morgan fingerprint density at radius 1 is 1.29 bits per heavy atom. The molecule has 0 amide bonds. The molecule has 21 heavy (non-hydrogen) atoms. The monoisotopic (exact) mass is 285 g/mol. The number of benzene rings is 1. The highest BCUT2D eigenvalue weighted by atomic mass is 15.2. The van der Waals surface area contributed by atoms with Gasteiger partial charge in [0.25, 0.3) is 0 Å². The minimum absolute atomic E-state index is 0.323. The van der Waals surface area contributed by atoms with Crippen molar-refractivity contribution in [3.05, 3.63) is 29.3 Å². The SMILES string of the molecule is CN1CCc2cc(CN3CC4CNCC4C3(C)C)ccc21. The molecule has 0 radical (unpaired) electrons. The summed E-state index contributed by atoms with van der Waals surface area (Å²) < 4.78 is 0. The first kappa shape index (κ1) is 13.6. The summed E-state index contributed by atoms with van der Waals surface area (Å²) in [6, 6.07) is 7.10. The molecule has 3 heterocycles. The summed E-state index contributed by atoms with van der Waals surface area (Å²) in [4.78, 5) is 5.08. The molecule has 3 aliphatic rings. The maximum Gasteiger partial charge on any atom is 0.0397 e. The molecular weight excluding hydrogens is 258 g/mol. The molecule has 2 atom stereocenters. The summed E-state index contributed by atoms with van der Waals surface area (Å²) in [5, 5.41) is 3.57. The van der Waals surface area contributed by atoms with E-state index in [1.54, 1.807) is 0 Å². The fourth-order valence-electron chi connectivity index (χ4n) is 4.71. The molecule has 3 heteroatoms. The Hall–Kier alpha value is -1.06. The molecule has 0 saturated carbocycles. The zero-order chi connectivity index (χ0) is 14.6. The van der Waals surface area contributed by atoms with Crippen molar-refractivity contribution in [1.29, 1.82) is 0 Å². The molecule has 2 saturated heterocycles. The molecular formula is C18H27N3. The van der Waals surface area contributed by atoms with E-state index in [9.17, 15) is 0 Å². The van der Waals surface area contributed by atoms with Crippen LogP contribution in [0.2, 0.25) is 0 Å². The van der Waals surface area contributed by atoms with Crippen LogP contribution >= 0.6 is 0 Å². The highest BCUT2D eigenvalue weighted by Gasteiger charge is 2.49. The first-order valence-electron chi connectivity index (χ1n) is 8.34. The molecule has 0 bridgehead atoms. The predicted octanol–water partition coefficient (Wildman–Crippen LogP) is 2.11. The topological polar surface area (TPSA) is 18.5 Å². The summed E-state index contributed by atoms with van der Waals surface area (Å²) in [6.45, 7) is 10.8. The second-order valence-electron chi connectivity index (χ2n) is 7.69. The number of hydrogen-bond acceptors (Lipinski definition) is 3. The van der Waals surface area contributed by atoms with E-state index in [4.69, 9.17) is 0 Å². The van der Waals surface area contributed by atoms with Gasteiger partial charge in [-0.1, -0.05) is 12.1 Å². The van der Waals surface area contributed by atoms with Gasteiger partial charge < -0.3 is 10.2 Å². The van der Waals surface area contributed by atoms with Crippen molar-refractivity contribution in [3.63, 3.8) is 0 Å². The number of anilines is 1. The number of likely N-dealkylation sites (N-methyl/N-ethyl adjacent to an activating group) is 1. The van der Waals surface area contributed by atoms with Crippen molar-refractivity contribution in [2.24, 2.45) is 11.8 Å². The fraction of sp³-hybridized carbons (Fsp3) is 0.667. The maximum absolute atomic E-state index is 3.57. The molecule has 3 nitrogen and oxygen atoms in total. The molecule has 0 spiro atoms. The third-order valence-corrected chi connectivity index (χ3v) is 6.16. The van der Waals surface area contributed by atoms with Crippen LogP contribution in [-0.4, -0.2) is 43.7 Å². The third-order valence-electron chi connectivity index (χ3n) is 6.16. The van der Waals surface area contributed by atoms with Crippen LogP contribution < -0.4 is 10.2 Å². The lowest BCUT2D eigenvalue weighted by Gasteiger charge is -2.35. The second kappa shape index (κ2) is 4.72. The summed E-state index contributed by atoms with van der Waals surface area (Å²) in [5.74, 6) is 1.67. The summed E-state index contributed by atoms with van der Waals surface area (Å²) in [5.41, 5.74) is 4.78. The highest BCUT2D eigenvalue weighted by molar-refractivity contribution is 5.58. The highest BCUT2D eigenvalue weighted by Crippen LogP contribution is 2.41. The molecule has 2 unspecified atom stereocenters. The minimum atomic E-state index is 0.323. The number of nitrogens with one attached hydrogen (secondary N) is 1. The van der Waals surface area contributed by atoms with Crippen molar-refractivity contribution in [2.75, 3.05) is 38.1 Å². The zero-order valence-electron chi connectivity index (χ0n) is 13.5. The molecule has 114 valence electrons. The normalized spacial score (nSPS) is 30.7. The zero-order valence-corrected chi connectivity index (χ0v) is 13.5. The molecule has 2 fully saturated rings. The van der Waals surface area contributed by atoms with E-state index in [0.29, 0.717) is 5.54 Å². The number of nitrogens with zero attached hydrogens (tertiary/aromatic N) is 2. The number of hydrogen-bond donors (Lipinski definition) is 1. The maximum atomic E-state index is 3.57. The fourth-order valence-corrected chi connectivity index (χ4v) is 4.71. The van der Waals surface area contributed by atoms with Gasteiger partial charge in [-0.05, 0) is 55.8 Å². The van der Waals surface area contributed by atoms with Crippen molar-refractivity contribution in [3.8, 4) is 0 Å². The van der Waals surface area contributed by atoms with E-state index in [2.05, 4.69) is 54.2 Å². The van der Waals surface area contributed by atoms with Crippen LogP contribution in [-0.2, 0) is 13.0 Å². The second-order valence-corrected chi connectivity index (χ2v) is 7.69. The summed E-state index contributed by atoms with van der Waals surface area (Å²) in [7, 11) is 2.20. The van der Waals surface area contributed by atoms with Crippen molar-refractivity contribution in [1.82, 2.24) is 10.2 Å². The van der Waals surface area contributed by atoms with Gasteiger partial charge >= 0.3 is 0 Å². The largest absolute Gasteiger partial charge is 0.374 e. The Balaban J connectivity index is 1.54. The van der Waals surface area contributed by atoms with E-state index in [1.807, 2.05) is 0 Å². The van der Waals surface area contributed by atoms with Crippen molar-refractivity contribution >= 4 is 5.69 Å². The predicted molar refractivity (Wildman–Crippen MR) is 87.8 cm³/mol. The van der Waals surface area contributed by atoms with Crippen molar-refractivity contribution < 1.29 is 0 Å². The van der Waals surface area contributed by atoms with Gasteiger partial charge in [-0.15, -0.1) is 0 Å².